The summed E-state index contributed by atoms with van der Waals surface area (Å²) in [5.74, 6) is 0.715. The zero-order chi connectivity index (χ0) is 13.0. The fourth-order valence-electron chi connectivity index (χ4n) is 1.56. The van der Waals surface area contributed by atoms with E-state index in [1.807, 2.05) is 18.2 Å². The molecule has 1 heterocycles. The predicted molar refractivity (Wildman–Crippen MR) is 73.2 cm³/mol. The quantitative estimate of drug-likeness (QED) is 0.642. The molecule has 0 saturated carbocycles. The molecule has 92 valence electrons. The van der Waals surface area contributed by atoms with Crippen molar-refractivity contribution in [2.45, 2.75) is 4.83 Å². The number of carbonyl (C=O) groups excluding carboxylic acids is 1. The van der Waals surface area contributed by atoms with Crippen molar-refractivity contribution in [2.24, 2.45) is 0 Å². The summed E-state index contributed by atoms with van der Waals surface area (Å²) >= 11 is 3.38. The summed E-state index contributed by atoms with van der Waals surface area (Å²) in [6.07, 6.45) is 1.67. The average molecular weight is 306 g/mol. The van der Waals surface area contributed by atoms with Gasteiger partial charge in [0.25, 0.3) is 0 Å². The lowest BCUT2D eigenvalue weighted by atomic mass is 10.1. The Morgan fingerprint density at radius 2 is 1.94 bits per heavy atom. The van der Waals surface area contributed by atoms with Crippen LogP contribution in [0.5, 0.6) is 5.75 Å². The second kappa shape index (κ2) is 5.78. The lowest BCUT2D eigenvalue weighted by Gasteiger charge is -2.08. The normalized spacial score (nSPS) is 11.9. The van der Waals surface area contributed by atoms with E-state index >= 15 is 0 Å². The number of nitrogens with zero attached hydrogens (tertiary/aromatic N) is 1. The van der Waals surface area contributed by atoms with Gasteiger partial charge in [0.2, 0.25) is 0 Å². The molecule has 2 aromatic rings. The van der Waals surface area contributed by atoms with E-state index in [0.717, 1.165) is 5.75 Å². The van der Waals surface area contributed by atoms with Crippen LogP contribution in [0.15, 0.2) is 48.7 Å². The first-order chi connectivity index (χ1) is 8.72. The van der Waals surface area contributed by atoms with E-state index in [-0.39, 0.29) is 5.78 Å². The largest absolute Gasteiger partial charge is 0.497 e. The number of ether oxygens (including phenoxy) is 1. The van der Waals surface area contributed by atoms with Crippen LogP contribution in [0.4, 0.5) is 0 Å². The zero-order valence-corrected chi connectivity index (χ0v) is 11.4. The van der Waals surface area contributed by atoms with Crippen LogP contribution in [-0.4, -0.2) is 17.9 Å². The molecule has 1 atom stereocenters. The molecule has 1 aromatic carbocycles. The SMILES string of the molecule is COc1ccc(C(=O)[C@H](Br)c2ccccn2)cc1. The molecule has 3 nitrogen and oxygen atoms in total. The van der Waals surface area contributed by atoms with Gasteiger partial charge < -0.3 is 4.74 Å². The van der Waals surface area contributed by atoms with Crippen molar-refractivity contribution < 1.29 is 9.53 Å². The predicted octanol–water partition coefficient (Wildman–Crippen LogP) is 3.41. The number of rotatable bonds is 4. The average Bonchev–Trinajstić information content (AvgIpc) is 2.47. The maximum Gasteiger partial charge on any atom is 0.182 e. The Hall–Kier alpha value is -1.68. The Bertz CT molecular complexity index is 525. The molecule has 18 heavy (non-hydrogen) atoms. The molecule has 0 aliphatic heterocycles. The number of hydrogen-bond donors (Lipinski definition) is 0. The third-order valence-corrected chi connectivity index (χ3v) is 3.44. The van der Waals surface area contributed by atoms with Gasteiger partial charge in [-0.1, -0.05) is 22.0 Å². The molecule has 0 N–H and O–H groups in total. The van der Waals surface area contributed by atoms with Crippen molar-refractivity contribution in [1.82, 2.24) is 4.98 Å². The molecule has 0 saturated heterocycles. The van der Waals surface area contributed by atoms with Gasteiger partial charge in [-0.2, -0.15) is 0 Å². The lowest BCUT2D eigenvalue weighted by Crippen LogP contribution is -2.08. The van der Waals surface area contributed by atoms with Crippen LogP contribution in [0.25, 0.3) is 0 Å². The molecule has 0 amide bonds. The Morgan fingerprint density at radius 3 is 2.50 bits per heavy atom. The third-order valence-electron chi connectivity index (χ3n) is 2.55. The highest BCUT2D eigenvalue weighted by atomic mass is 79.9. The molecule has 0 bridgehead atoms. The van der Waals surface area contributed by atoms with E-state index in [1.165, 1.54) is 0 Å². The second-order valence-corrected chi connectivity index (χ2v) is 4.63. The molecular weight excluding hydrogens is 294 g/mol. The lowest BCUT2D eigenvalue weighted by molar-refractivity contribution is 0.0990. The Morgan fingerprint density at radius 1 is 1.22 bits per heavy atom. The summed E-state index contributed by atoms with van der Waals surface area (Å²) in [4.78, 5) is 16.0. The molecule has 0 unspecified atom stereocenters. The number of hydrogen-bond acceptors (Lipinski definition) is 3. The molecule has 1 aromatic heterocycles. The fourth-order valence-corrected chi connectivity index (χ4v) is 2.10. The van der Waals surface area contributed by atoms with Crippen molar-refractivity contribution in [3.63, 3.8) is 0 Å². The van der Waals surface area contributed by atoms with Crippen molar-refractivity contribution in [2.75, 3.05) is 7.11 Å². The van der Waals surface area contributed by atoms with Gasteiger partial charge in [-0.3, -0.25) is 9.78 Å². The molecule has 2 rings (SSSR count). The van der Waals surface area contributed by atoms with E-state index in [9.17, 15) is 4.79 Å². The first-order valence-corrected chi connectivity index (χ1v) is 6.37. The Kier molecular flexibility index (Phi) is 4.10. The second-order valence-electron chi connectivity index (χ2n) is 3.71. The van der Waals surface area contributed by atoms with Gasteiger partial charge in [-0.25, -0.2) is 0 Å². The highest BCUT2D eigenvalue weighted by Gasteiger charge is 2.19. The molecule has 0 radical (unpaired) electrons. The fraction of sp³-hybridized carbons (Fsp3) is 0.143. The van der Waals surface area contributed by atoms with E-state index < -0.39 is 4.83 Å². The summed E-state index contributed by atoms with van der Waals surface area (Å²) in [5.41, 5.74) is 1.33. The number of alkyl halides is 1. The minimum Gasteiger partial charge on any atom is -0.497 e. The van der Waals surface area contributed by atoms with Crippen LogP contribution in [-0.2, 0) is 0 Å². The van der Waals surface area contributed by atoms with Gasteiger partial charge in [0.05, 0.1) is 12.8 Å². The number of Topliss-reactive ketones (excluding diaryl/α,β-unsaturated/α-hetero) is 1. The van der Waals surface area contributed by atoms with Crippen molar-refractivity contribution >= 4 is 21.7 Å². The van der Waals surface area contributed by atoms with Gasteiger partial charge >= 0.3 is 0 Å². The zero-order valence-electron chi connectivity index (χ0n) is 9.84. The maximum atomic E-state index is 12.2. The van der Waals surface area contributed by atoms with Crippen LogP contribution in [0.3, 0.4) is 0 Å². The number of ketones is 1. The molecule has 0 spiro atoms. The summed E-state index contributed by atoms with van der Waals surface area (Å²) in [6.45, 7) is 0. The number of carbonyl (C=O) groups is 1. The monoisotopic (exact) mass is 305 g/mol. The van der Waals surface area contributed by atoms with Crippen molar-refractivity contribution in [3.8, 4) is 5.75 Å². The molecule has 0 aliphatic carbocycles. The van der Waals surface area contributed by atoms with Gasteiger partial charge in [0, 0.05) is 11.8 Å². The Labute approximate surface area is 114 Å². The van der Waals surface area contributed by atoms with Gasteiger partial charge in [-0.15, -0.1) is 0 Å². The summed E-state index contributed by atoms with van der Waals surface area (Å²) in [6, 6.07) is 12.5. The van der Waals surface area contributed by atoms with Crippen LogP contribution in [0.2, 0.25) is 0 Å². The maximum absolute atomic E-state index is 12.2. The third kappa shape index (κ3) is 2.76. The summed E-state index contributed by atoms with van der Waals surface area (Å²) in [5, 5.41) is 0. The van der Waals surface area contributed by atoms with Crippen LogP contribution in [0, 0.1) is 0 Å². The van der Waals surface area contributed by atoms with Gasteiger partial charge in [-0.05, 0) is 36.4 Å². The van der Waals surface area contributed by atoms with E-state index in [4.69, 9.17) is 4.74 Å². The first-order valence-electron chi connectivity index (χ1n) is 5.45. The number of aromatic nitrogens is 1. The molecule has 0 fully saturated rings. The summed E-state index contributed by atoms with van der Waals surface area (Å²) < 4.78 is 5.06. The first kappa shape index (κ1) is 12.8. The number of pyridine rings is 1. The number of halogens is 1. The smallest absolute Gasteiger partial charge is 0.182 e. The van der Waals surface area contributed by atoms with Crippen molar-refractivity contribution in [1.29, 1.82) is 0 Å². The minimum atomic E-state index is -0.424. The van der Waals surface area contributed by atoms with Crippen molar-refractivity contribution in [3.05, 3.63) is 59.9 Å². The highest BCUT2D eigenvalue weighted by molar-refractivity contribution is 9.09. The highest BCUT2D eigenvalue weighted by Crippen LogP contribution is 2.26. The number of benzene rings is 1. The summed E-state index contributed by atoms with van der Waals surface area (Å²) in [7, 11) is 1.60. The standard InChI is InChI=1S/C14H12BrNO2/c1-18-11-7-5-10(6-8-11)14(17)13(15)12-4-2-3-9-16-12/h2-9,13H,1H3/t13-/m1/s1. The topological polar surface area (TPSA) is 39.2 Å². The van der Waals surface area contributed by atoms with Crippen LogP contribution >= 0.6 is 15.9 Å². The van der Waals surface area contributed by atoms with E-state index in [1.54, 1.807) is 37.6 Å². The van der Waals surface area contributed by atoms with Crippen LogP contribution in [0.1, 0.15) is 20.9 Å². The molecular formula is C14H12BrNO2. The van der Waals surface area contributed by atoms with E-state index in [0.29, 0.717) is 11.3 Å². The minimum absolute atomic E-state index is 0.0173. The Balaban J connectivity index is 2.20. The molecule has 4 heteroatoms. The van der Waals surface area contributed by atoms with Gasteiger partial charge in [0.15, 0.2) is 5.78 Å². The van der Waals surface area contributed by atoms with Gasteiger partial charge in [0.1, 0.15) is 10.6 Å². The molecule has 0 aliphatic rings. The van der Waals surface area contributed by atoms with E-state index in [2.05, 4.69) is 20.9 Å². The number of methoxy groups -OCH3 is 1. The van der Waals surface area contributed by atoms with Crippen LogP contribution < -0.4 is 4.74 Å².